The molecule has 78 valence electrons. The fourth-order valence-electron chi connectivity index (χ4n) is 0.945. The Hall–Kier alpha value is -0.150. The van der Waals surface area contributed by atoms with Crippen LogP contribution in [0.3, 0.4) is 0 Å². The van der Waals surface area contributed by atoms with Crippen molar-refractivity contribution in [3.63, 3.8) is 0 Å². The lowest BCUT2D eigenvalue weighted by Gasteiger charge is -2.09. The molecule has 14 heavy (non-hydrogen) atoms. The summed E-state index contributed by atoms with van der Waals surface area (Å²) in [6, 6.07) is 3.43. The van der Waals surface area contributed by atoms with Crippen LogP contribution in [0.2, 0.25) is 10.0 Å². The van der Waals surface area contributed by atoms with Crippen molar-refractivity contribution in [1.29, 1.82) is 0 Å². The normalized spacial score (nSPS) is 10.3. The van der Waals surface area contributed by atoms with Crippen LogP contribution in [-0.2, 0) is 10.6 Å². The third kappa shape index (κ3) is 2.92. The van der Waals surface area contributed by atoms with E-state index in [4.69, 9.17) is 44.3 Å². The molecule has 2 nitrogen and oxygen atoms in total. The molecule has 0 atom stereocenters. The second kappa shape index (κ2) is 5.66. The lowest BCUT2D eigenvalue weighted by atomic mass is 10.2. The Balaban J connectivity index is 2.93. The minimum absolute atomic E-state index is 0.111. The largest absolute Gasteiger partial charge is 0.464 e. The Kier molecular flexibility index (Phi) is 4.82. The monoisotopic (exact) mass is 254 g/mol. The lowest BCUT2D eigenvalue weighted by Crippen LogP contribution is -2.00. The SMILES string of the molecule is COCOc1c(Cl)cc(CCl)cc1Cl. The molecule has 0 spiro atoms. The summed E-state index contributed by atoms with van der Waals surface area (Å²) in [5, 5.41) is 0.871. The lowest BCUT2D eigenvalue weighted by molar-refractivity contribution is 0.0512. The Morgan fingerprint density at radius 1 is 1.21 bits per heavy atom. The average Bonchev–Trinajstić information content (AvgIpc) is 2.16. The molecule has 0 radical (unpaired) electrons. The molecule has 0 unspecified atom stereocenters. The minimum Gasteiger partial charge on any atom is -0.464 e. The second-order valence-corrected chi connectivity index (χ2v) is 3.65. The van der Waals surface area contributed by atoms with E-state index in [1.54, 1.807) is 12.1 Å². The van der Waals surface area contributed by atoms with Crippen molar-refractivity contribution < 1.29 is 9.47 Å². The first kappa shape index (κ1) is 11.9. The molecule has 0 saturated heterocycles. The van der Waals surface area contributed by atoms with Crippen molar-refractivity contribution in [2.24, 2.45) is 0 Å². The van der Waals surface area contributed by atoms with Gasteiger partial charge in [-0.2, -0.15) is 0 Å². The van der Waals surface area contributed by atoms with Gasteiger partial charge >= 0.3 is 0 Å². The molecule has 5 heteroatoms. The number of benzene rings is 1. The Morgan fingerprint density at radius 2 is 1.79 bits per heavy atom. The zero-order valence-corrected chi connectivity index (χ0v) is 9.79. The number of rotatable bonds is 4. The molecule has 0 N–H and O–H groups in total. The predicted molar refractivity (Wildman–Crippen MR) is 58.5 cm³/mol. The molecule has 0 saturated carbocycles. The maximum atomic E-state index is 5.93. The van der Waals surface area contributed by atoms with Crippen molar-refractivity contribution in [2.75, 3.05) is 13.9 Å². The molecule has 0 heterocycles. The average molecular weight is 256 g/mol. The third-order valence-electron chi connectivity index (χ3n) is 1.53. The fraction of sp³-hybridized carbons (Fsp3) is 0.333. The van der Waals surface area contributed by atoms with E-state index in [1.807, 2.05) is 0 Å². The van der Waals surface area contributed by atoms with Gasteiger partial charge in [0.1, 0.15) is 0 Å². The highest BCUT2D eigenvalue weighted by molar-refractivity contribution is 6.37. The van der Waals surface area contributed by atoms with Gasteiger partial charge in [0, 0.05) is 13.0 Å². The van der Waals surface area contributed by atoms with Gasteiger partial charge in [0.2, 0.25) is 0 Å². The van der Waals surface area contributed by atoms with Gasteiger partial charge in [-0.25, -0.2) is 0 Å². The zero-order chi connectivity index (χ0) is 10.6. The van der Waals surface area contributed by atoms with Crippen LogP contribution >= 0.6 is 34.8 Å². The summed E-state index contributed by atoms with van der Waals surface area (Å²) in [6.45, 7) is 0.111. The molecule has 1 rings (SSSR count). The number of ether oxygens (including phenoxy) is 2. The van der Waals surface area contributed by atoms with Gasteiger partial charge in [-0.3, -0.25) is 0 Å². The first-order valence-corrected chi connectivity index (χ1v) is 5.13. The summed E-state index contributed by atoms with van der Waals surface area (Å²) < 4.78 is 9.93. The number of hydrogen-bond acceptors (Lipinski definition) is 2. The number of hydrogen-bond donors (Lipinski definition) is 0. The van der Waals surface area contributed by atoms with E-state index in [0.717, 1.165) is 5.56 Å². The van der Waals surface area contributed by atoms with E-state index in [2.05, 4.69) is 0 Å². The summed E-state index contributed by atoms with van der Waals surface area (Å²) in [5.41, 5.74) is 0.853. The molecule has 0 aromatic heterocycles. The summed E-state index contributed by atoms with van der Waals surface area (Å²) in [6.07, 6.45) is 0. The van der Waals surface area contributed by atoms with Gasteiger partial charge in [0.25, 0.3) is 0 Å². The maximum absolute atomic E-state index is 5.93. The van der Waals surface area contributed by atoms with Crippen LogP contribution in [0.4, 0.5) is 0 Å². The van der Waals surface area contributed by atoms with Crippen LogP contribution in [0.5, 0.6) is 5.75 Å². The van der Waals surface area contributed by atoms with Crippen LogP contribution in [0.1, 0.15) is 5.56 Å². The minimum atomic E-state index is 0.111. The topological polar surface area (TPSA) is 18.5 Å². The van der Waals surface area contributed by atoms with Crippen LogP contribution in [0.25, 0.3) is 0 Å². The van der Waals surface area contributed by atoms with E-state index in [1.165, 1.54) is 7.11 Å². The Labute approximate surface area is 97.7 Å². The van der Waals surface area contributed by atoms with Gasteiger partial charge in [0.15, 0.2) is 12.5 Å². The number of alkyl halides is 1. The van der Waals surface area contributed by atoms with Crippen molar-refractivity contribution >= 4 is 34.8 Å². The van der Waals surface area contributed by atoms with Crippen molar-refractivity contribution in [2.45, 2.75) is 5.88 Å². The zero-order valence-electron chi connectivity index (χ0n) is 7.52. The molecule has 0 aliphatic carbocycles. The molecule has 1 aromatic rings. The summed E-state index contributed by atoms with van der Waals surface area (Å²) in [4.78, 5) is 0. The Bertz CT molecular complexity index is 292. The number of halogens is 3. The fourth-order valence-corrected chi connectivity index (χ4v) is 1.74. The molecule has 0 aliphatic rings. The third-order valence-corrected chi connectivity index (χ3v) is 2.40. The van der Waals surface area contributed by atoms with E-state index >= 15 is 0 Å². The van der Waals surface area contributed by atoms with Crippen molar-refractivity contribution in [3.8, 4) is 5.75 Å². The highest BCUT2D eigenvalue weighted by atomic mass is 35.5. The van der Waals surface area contributed by atoms with Crippen molar-refractivity contribution in [1.82, 2.24) is 0 Å². The van der Waals surface area contributed by atoms with E-state index in [0.29, 0.717) is 21.7 Å². The number of methoxy groups -OCH3 is 1. The van der Waals surface area contributed by atoms with E-state index < -0.39 is 0 Å². The van der Waals surface area contributed by atoms with Crippen LogP contribution in [-0.4, -0.2) is 13.9 Å². The molecule has 0 aliphatic heterocycles. The Morgan fingerprint density at radius 3 is 2.21 bits per heavy atom. The molecule has 1 aromatic carbocycles. The second-order valence-electron chi connectivity index (χ2n) is 2.57. The molecule has 0 amide bonds. The van der Waals surface area contributed by atoms with Crippen LogP contribution in [0.15, 0.2) is 12.1 Å². The maximum Gasteiger partial charge on any atom is 0.188 e. The summed E-state index contributed by atoms with van der Waals surface area (Å²) >= 11 is 17.5. The van der Waals surface area contributed by atoms with E-state index in [-0.39, 0.29) is 6.79 Å². The van der Waals surface area contributed by atoms with Crippen molar-refractivity contribution in [3.05, 3.63) is 27.7 Å². The van der Waals surface area contributed by atoms with Gasteiger partial charge in [-0.15, -0.1) is 11.6 Å². The highest BCUT2D eigenvalue weighted by Gasteiger charge is 2.08. The molecule has 0 bridgehead atoms. The smallest absolute Gasteiger partial charge is 0.188 e. The van der Waals surface area contributed by atoms with Gasteiger partial charge in [0.05, 0.1) is 10.0 Å². The predicted octanol–water partition coefficient (Wildman–Crippen LogP) is 3.71. The van der Waals surface area contributed by atoms with E-state index in [9.17, 15) is 0 Å². The van der Waals surface area contributed by atoms with Gasteiger partial charge < -0.3 is 9.47 Å². The first-order chi connectivity index (χ1) is 6.69. The van der Waals surface area contributed by atoms with Crippen LogP contribution in [0, 0.1) is 0 Å². The summed E-state index contributed by atoms with van der Waals surface area (Å²) in [7, 11) is 1.52. The van der Waals surface area contributed by atoms with Gasteiger partial charge in [-0.05, 0) is 17.7 Å². The quantitative estimate of drug-likeness (QED) is 0.603. The molecular weight excluding hydrogens is 246 g/mol. The molecular formula is C9H9Cl3O2. The standard InChI is InChI=1S/C9H9Cl3O2/c1-13-5-14-9-7(11)2-6(4-10)3-8(9)12/h2-3H,4-5H2,1H3. The first-order valence-electron chi connectivity index (χ1n) is 3.84. The van der Waals surface area contributed by atoms with Gasteiger partial charge in [-0.1, -0.05) is 23.2 Å². The molecule has 0 fully saturated rings. The highest BCUT2D eigenvalue weighted by Crippen LogP contribution is 2.34. The van der Waals surface area contributed by atoms with Crippen LogP contribution < -0.4 is 4.74 Å². The summed E-state index contributed by atoms with van der Waals surface area (Å²) in [5.74, 6) is 0.785.